The molecular formula is C66H91NO6. The standard InChI is InChI=1S/C40H53NO4.C26H38O2/c1-8-40(9-2,31-20-18-30(28(3)26-31)19-23-36(42)39(5,6)7)32-21-22-35(29(4)27-32)45-25-15-11-10-14-24-41-37(43)33-16-12-13-17-34(33)38(41)44;1-8-26(9-2,22-13-14-23(27)19(4)17-22)21-12-10-20(18(3)16-21)11-15-24(28)25(5,6)7/h12-13,16-18,20-22,26-27,36,42H,8-11,14-15,19,23-25H2,1-7H3;10,12-14,16-17,24,27-28H,8-9,11,15H2,1-7H3. The van der Waals surface area contributed by atoms with Crippen molar-refractivity contribution in [1.82, 2.24) is 4.90 Å². The third kappa shape index (κ3) is 13.9. The molecule has 7 heteroatoms. The second-order valence-corrected chi connectivity index (χ2v) is 23.3. The summed E-state index contributed by atoms with van der Waals surface area (Å²) >= 11 is 0. The predicted octanol–water partition coefficient (Wildman–Crippen LogP) is 15.4. The van der Waals surface area contributed by atoms with Crippen molar-refractivity contribution in [3.63, 3.8) is 0 Å². The molecule has 2 amide bonds. The number of aliphatic hydroxyl groups is 2. The van der Waals surface area contributed by atoms with Crippen LogP contribution in [0.1, 0.15) is 210 Å². The quantitative estimate of drug-likeness (QED) is 0.0471. The van der Waals surface area contributed by atoms with Crippen LogP contribution >= 0.6 is 0 Å². The Morgan fingerprint density at radius 2 is 0.904 bits per heavy atom. The highest BCUT2D eigenvalue weighted by molar-refractivity contribution is 6.21. The van der Waals surface area contributed by atoms with Gasteiger partial charge in [-0.15, -0.1) is 0 Å². The summed E-state index contributed by atoms with van der Waals surface area (Å²) in [6.07, 6.45) is 10.4. The van der Waals surface area contributed by atoms with E-state index in [1.165, 1.54) is 49.4 Å². The number of phenols is 1. The van der Waals surface area contributed by atoms with Gasteiger partial charge in [-0.3, -0.25) is 14.5 Å². The lowest BCUT2D eigenvalue weighted by Crippen LogP contribution is -2.30. The molecule has 3 N–H and O–H groups in total. The Morgan fingerprint density at radius 3 is 1.30 bits per heavy atom. The first-order valence-electron chi connectivity index (χ1n) is 27.5. The maximum Gasteiger partial charge on any atom is 0.261 e. The Balaban J connectivity index is 0.000000303. The number of fused-ring (bicyclic) bond motifs is 1. The normalized spacial score (nSPS) is 13.9. The topological polar surface area (TPSA) is 107 Å². The fraction of sp³-hybridized carbons (Fsp3) is 0.515. The highest BCUT2D eigenvalue weighted by atomic mass is 16.5. The van der Waals surface area contributed by atoms with Gasteiger partial charge in [0.2, 0.25) is 0 Å². The van der Waals surface area contributed by atoms with E-state index in [0.29, 0.717) is 30.0 Å². The second kappa shape index (κ2) is 25.3. The number of nitrogens with zero attached hydrogens (tertiary/aromatic N) is 1. The lowest BCUT2D eigenvalue weighted by atomic mass is 9.69. The Bertz CT molecular complexity index is 2590. The van der Waals surface area contributed by atoms with E-state index in [2.05, 4.69) is 157 Å². The molecule has 0 fully saturated rings. The molecule has 0 radical (unpaired) electrons. The molecule has 0 aromatic heterocycles. The first-order valence-corrected chi connectivity index (χ1v) is 27.5. The van der Waals surface area contributed by atoms with Crippen molar-refractivity contribution in [2.45, 2.75) is 197 Å². The van der Waals surface area contributed by atoms with Crippen molar-refractivity contribution in [3.05, 3.63) is 164 Å². The number of ether oxygens (including phenoxy) is 1. The van der Waals surface area contributed by atoms with Crippen molar-refractivity contribution in [2.75, 3.05) is 13.2 Å². The lowest BCUT2D eigenvalue weighted by Gasteiger charge is -2.34. The average Bonchev–Trinajstić information content (AvgIpc) is 3.59. The van der Waals surface area contributed by atoms with Crippen LogP contribution in [0.3, 0.4) is 0 Å². The van der Waals surface area contributed by atoms with Gasteiger partial charge in [0.15, 0.2) is 0 Å². The van der Waals surface area contributed by atoms with Crippen LogP contribution in [0.4, 0.5) is 0 Å². The predicted molar refractivity (Wildman–Crippen MR) is 302 cm³/mol. The van der Waals surface area contributed by atoms with Crippen LogP contribution in [0.2, 0.25) is 0 Å². The van der Waals surface area contributed by atoms with Crippen molar-refractivity contribution in [2.24, 2.45) is 10.8 Å². The number of phenolic OH excluding ortho intramolecular Hbond substituents is 1. The minimum absolute atomic E-state index is 0.0489. The molecule has 0 spiro atoms. The minimum atomic E-state index is -0.316. The number of rotatable bonds is 22. The summed E-state index contributed by atoms with van der Waals surface area (Å²) in [5.74, 6) is 0.934. The first-order chi connectivity index (χ1) is 34.5. The molecule has 0 saturated heterocycles. The van der Waals surface area contributed by atoms with Crippen LogP contribution in [0, 0.1) is 38.5 Å². The average molecular weight is 994 g/mol. The van der Waals surface area contributed by atoms with E-state index in [4.69, 9.17) is 4.74 Å². The Hall–Kier alpha value is -5.24. The SMILES string of the molecule is CCC(CC)(c1ccc(CCC(O)C(C)(C)C)c(C)c1)c1ccc(OCCCCCCN2C(=O)c3ccccc3C2=O)c(C)c1.CCC(CC)(c1ccc(O)c(C)c1)c1ccc(CCC(O)C(C)(C)C)c(C)c1. The molecule has 73 heavy (non-hydrogen) atoms. The van der Waals surface area contributed by atoms with E-state index < -0.39 is 0 Å². The zero-order valence-corrected chi connectivity index (χ0v) is 47.3. The highest BCUT2D eigenvalue weighted by Gasteiger charge is 2.35. The van der Waals surface area contributed by atoms with Crippen molar-refractivity contribution < 1.29 is 29.6 Å². The van der Waals surface area contributed by atoms with Gasteiger partial charge in [0.1, 0.15) is 11.5 Å². The molecule has 0 aliphatic carbocycles. The highest BCUT2D eigenvalue weighted by Crippen LogP contribution is 2.43. The van der Waals surface area contributed by atoms with E-state index in [-0.39, 0.29) is 45.7 Å². The number of unbranched alkanes of at least 4 members (excludes halogenated alkanes) is 3. The molecule has 396 valence electrons. The zero-order valence-electron chi connectivity index (χ0n) is 47.3. The number of aryl methyl sites for hydroxylation is 6. The summed E-state index contributed by atoms with van der Waals surface area (Å²) in [6.45, 7) is 31.2. The van der Waals surface area contributed by atoms with Crippen molar-refractivity contribution in [3.8, 4) is 11.5 Å². The summed E-state index contributed by atoms with van der Waals surface area (Å²) in [4.78, 5) is 26.5. The summed E-state index contributed by atoms with van der Waals surface area (Å²) in [6, 6.07) is 33.5. The van der Waals surface area contributed by atoms with Gasteiger partial charge in [0.05, 0.1) is 29.9 Å². The van der Waals surface area contributed by atoms with Gasteiger partial charge < -0.3 is 20.1 Å². The monoisotopic (exact) mass is 994 g/mol. The van der Waals surface area contributed by atoms with Gasteiger partial charge in [-0.25, -0.2) is 0 Å². The Morgan fingerprint density at radius 1 is 0.507 bits per heavy atom. The summed E-state index contributed by atoms with van der Waals surface area (Å²) < 4.78 is 6.20. The van der Waals surface area contributed by atoms with Crippen LogP contribution < -0.4 is 4.74 Å². The molecular weight excluding hydrogens is 903 g/mol. The van der Waals surface area contributed by atoms with E-state index in [1.807, 2.05) is 13.0 Å². The van der Waals surface area contributed by atoms with Crippen LogP contribution in [-0.4, -0.2) is 57.4 Å². The molecule has 5 aromatic carbocycles. The Labute approximate surface area is 440 Å². The van der Waals surface area contributed by atoms with E-state index in [1.54, 1.807) is 24.3 Å². The molecule has 0 bridgehead atoms. The smallest absolute Gasteiger partial charge is 0.261 e. The number of aromatic hydroxyl groups is 1. The number of benzene rings is 5. The molecule has 1 aliphatic heterocycles. The third-order valence-electron chi connectivity index (χ3n) is 16.5. The molecule has 7 nitrogen and oxygen atoms in total. The first kappa shape index (κ1) is 58.6. The number of imide groups is 1. The van der Waals surface area contributed by atoms with Gasteiger partial charge in [0.25, 0.3) is 11.8 Å². The van der Waals surface area contributed by atoms with Gasteiger partial charge in [0, 0.05) is 17.4 Å². The number of carbonyl (C=O) groups is 2. The van der Waals surface area contributed by atoms with E-state index in [9.17, 15) is 24.9 Å². The zero-order chi connectivity index (χ0) is 53.9. The number of hydrogen-bond acceptors (Lipinski definition) is 6. The summed E-state index contributed by atoms with van der Waals surface area (Å²) in [7, 11) is 0. The molecule has 2 unspecified atom stereocenters. The molecule has 1 heterocycles. The van der Waals surface area contributed by atoms with Crippen LogP contribution in [0.25, 0.3) is 0 Å². The lowest BCUT2D eigenvalue weighted by molar-refractivity contribution is 0.0559. The van der Waals surface area contributed by atoms with Gasteiger partial charge in [-0.1, -0.05) is 155 Å². The van der Waals surface area contributed by atoms with Gasteiger partial charge >= 0.3 is 0 Å². The van der Waals surface area contributed by atoms with Crippen molar-refractivity contribution >= 4 is 11.8 Å². The van der Waals surface area contributed by atoms with Crippen LogP contribution in [-0.2, 0) is 23.7 Å². The van der Waals surface area contributed by atoms with Crippen LogP contribution in [0.5, 0.6) is 11.5 Å². The van der Waals surface area contributed by atoms with E-state index >= 15 is 0 Å². The maximum absolute atomic E-state index is 12.5. The third-order valence-corrected chi connectivity index (χ3v) is 16.5. The molecule has 2 atom stereocenters. The minimum Gasteiger partial charge on any atom is -0.508 e. The molecule has 5 aromatic rings. The van der Waals surface area contributed by atoms with E-state index in [0.717, 1.165) is 93.9 Å². The molecule has 6 rings (SSSR count). The second-order valence-electron chi connectivity index (χ2n) is 23.3. The fourth-order valence-electron chi connectivity index (χ4n) is 10.9. The largest absolute Gasteiger partial charge is 0.508 e. The van der Waals surface area contributed by atoms with Gasteiger partial charge in [-0.2, -0.15) is 0 Å². The van der Waals surface area contributed by atoms with Crippen molar-refractivity contribution in [1.29, 1.82) is 0 Å². The number of carbonyl (C=O) groups excluding carboxylic acids is 2. The Kier molecular flexibility index (Phi) is 20.3. The number of aliphatic hydroxyl groups excluding tert-OH is 2. The number of hydrogen-bond donors (Lipinski definition) is 3. The summed E-state index contributed by atoms with van der Waals surface area (Å²) in [5, 5.41) is 30.9. The fourth-order valence-corrected chi connectivity index (χ4v) is 10.9. The molecule has 1 aliphatic rings. The summed E-state index contributed by atoms with van der Waals surface area (Å²) in [5.41, 5.74) is 13.3. The maximum atomic E-state index is 12.5. The van der Waals surface area contributed by atoms with Crippen LogP contribution in [0.15, 0.2) is 97.1 Å². The number of amides is 2. The van der Waals surface area contributed by atoms with Gasteiger partial charge in [-0.05, 0) is 183 Å². The molecule has 0 saturated carbocycles.